The van der Waals surface area contributed by atoms with Gasteiger partial charge in [0, 0.05) is 23.6 Å². The second-order valence-electron chi connectivity index (χ2n) is 4.39. The maximum absolute atomic E-state index is 6.22. The third-order valence-electron chi connectivity index (χ3n) is 3.10. The molecule has 2 aromatic rings. The van der Waals surface area contributed by atoms with Crippen molar-refractivity contribution in [2.45, 2.75) is 11.4 Å². The van der Waals surface area contributed by atoms with Gasteiger partial charge in [0.05, 0.1) is 10.7 Å². The molecule has 2 aromatic carbocycles. The summed E-state index contributed by atoms with van der Waals surface area (Å²) in [6, 6.07) is 12.1. The van der Waals surface area contributed by atoms with Crippen LogP contribution in [0.4, 0.5) is 5.69 Å². The van der Waals surface area contributed by atoms with Crippen molar-refractivity contribution in [3.05, 3.63) is 47.0 Å². The van der Waals surface area contributed by atoms with Crippen LogP contribution in [0.5, 0.6) is 11.5 Å². The van der Waals surface area contributed by atoms with Gasteiger partial charge < -0.3 is 14.8 Å². The van der Waals surface area contributed by atoms with Gasteiger partial charge in [-0.15, -0.1) is 11.8 Å². The molecular formula is C15H14ClNO2S. The Morgan fingerprint density at radius 1 is 1.15 bits per heavy atom. The number of halogens is 1. The SMILES string of the molecule is CSc1ccc(CNc2cc3c(cc2Cl)OCO3)cc1. The average Bonchev–Trinajstić information content (AvgIpc) is 2.92. The molecule has 104 valence electrons. The Morgan fingerprint density at radius 3 is 2.55 bits per heavy atom. The number of thioether (sulfide) groups is 1. The number of benzene rings is 2. The standard InChI is InChI=1S/C15H14ClNO2S/c1-20-11-4-2-10(3-5-11)8-17-13-7-15-14(6-12(13)16)18-9-19-15/h2-7,17H,8-9H2,1H3. The summed E-state index contributed by atoms with van der Waals surface area (Å²) in [5, 5.41) is 3.96. The maximum Gasteiger partial charge on any atom is 0.231 e. The molecule has 1 heterocycles. The van der Waals surface area contributed by atoms with Crippen molar-refractivity contribution in [1.29, 1.82) is 0 Å². The van der Waals surface area contributed by atoms with Crippen LogP contribution in [0.1, 0.15) is 5.56 Å². The second kappa shape index (κ2) is 5.85. The molecule has 20 heavy (non-hydrogen) atoms. The van der Waals surface area contributed by atoms with E-state index >= 15 is 0 Å². The van der Waals surface area contributed by atoms with Crippen molar-refractivity contribution in [3.63, 3.8) is 0 Å². The first-order valence-corrected chi connectivity index (χ1v) is 7.82. The van der Waals surface area contributed by atoms with Gasteiger partial charge in [-0.2, -0.15) is 0 Å². The highest BCUT2D eigenvalue weighted by atomic mass is 35.5. The van der Waals surface area contributed by atoms with Crippen LogP contribution < -0.4 is 14.8 Å². The van der Waals surface area contributed by atoms with Crippen molar-refractivity contribution in [2.24, 2.45) is 0 Å². The zero-order chi connectivity index (χ0) is 13.9. The second-order valence-corrected chi connectivity index (χ2v) is 5.67. The molecule has 1 aliphatic heterocycles. The van der Waals surface area contributed by atoms with Crippen LogP contribution in [0, 0.1) is 0 Å². The fourth-order valence-corrected chi connectivity index (χ4v) is 2.62. The topological polar surface area (TPSA) is 30.5 Å². The first-order valence-electron chi connectivity index (χ1n) is 6.22. The van der Waals surface area contributed by atoms with E-state index < -0.39 is 0 Å². The van der Waals surface area contributed by atoms with E-state index in [1.165, 1.54) is 10.5 Å². The Kier molecular flexibility index (Phi) is 3.94. The minimum absolute atomic E-state index is 0.255. The average molecular weight is 308 g/mol. The molecule has 0 fully saturated rings. The molecule has 0 unspecified atom stereocenters. The van der Waals surface area contributed by atoms with E-state index in [1.54, 1.807) is 17.8 Å². The van der Waals surface area contributed by atoms with E-state index in [9.17, 15) is 0 Å². The van der Waals surface area contributed by atoms with Crippen LogP contribution in [0.3, 0.4) is 0 Å². The van der Waals surface area contributed by atoms with E-state index in [2.05, 4.69) is 35.8 Å². The van der Waals surface area contributed by atoms with Crippen molar-refractivity contribution in [1.82, 2.24) is 0 Å². The number of rotatable bonds is 4. The Bertz CT molecular complexity index is 616. The molecule has 1 aliphatic rings. The molecular weight excluding hydrogens is 294 g/mol. The largest absolute Gasteiger partial charge is 0.454 e. The Balaban J connectivity index is 1.71. The molecule has 3 nitrogen and oxygen atoms in total. The summed E-state index contributed by atoms with van der Waals surface area (Å²) >= 11 is 7.96. The van der Waals surface area contributed by atoms with E-state index in [1.807, 2.05) is 6.07 Å². The molecule has 0 aliphatic carbocycles. The Hall–Kier alpha value is -1.52. The summed E-state index contributed by atoms with van der Waals surface area (Å²) < 4.78 is 10.6. The number of nitrogens with one attached hydrogen (secondary N) is 1. The highest BCUT2D eigenvalue weighted by Gasteiger charge is 2.16. The molecule has 5 heteroatoms. The smallest absolute Gasteiger partial charge is 0.231 e. The van der Waals surface area contributed by atoms with Crippen molar-refractivity contribution < 1.29 is 9.47 Å². The van der Waals surface area contributed by atoms with E-state index in [0.717, 1.165) is 11.4 Å². The molecule has 0 amide bonds. The van der Waals surface area contributed by atoms with Gasteiger partial charge in [0.1, 0.15) is 0 Å². The number of hydrogen-bond acceptors (Lipinski definition) is 4. The van der Waals surface area contributed by atoms with Crippen LogP contribution in [-0.4, -0.2) is 13.0 Å². The highest BCUT2D eigenvalue weighted by molar-refractivity contribution is 7.98. The van der Waals surface area contributed by atoms with Gasteiger partial charge in [-0.1, -0.05) is 23.7 Å². The summed E-state index contributed by atoms with van der Waals surface area (Å²) in [7, 11) is 0. The molecule has 0 saturated carbocycles. The summed E-state index contributed by atoms with van der Waals surface area (Å²) in [5.41, 5.74) is 2.06. The van der Waals surface area contributed by atoms with E-state index in [0.29, 0.717) is 17.3 Å². The van der Waals surface area contributed by atoms with Gasteiger partial charge in [0.25, 0.3) is 0 Å². The maximum atomic E-state index is 6.22. The fourth-order valence-electron chi connectivity index (χ4n) is 1.99. The third kappa shape index (κ3) is 2.81. The first-order chi connectivity index (χ1) is 9.76. The molecule has 1 N–H and O–H groups in total. The van der Waals surface area contributed by atoms with E-state index in [-0.39, 0.29) is 6.79 Å². The Morgan fingerprint density at radius 2 is 1.85 bits per heavy atom. The summed E-state index contributed by atoms with van der Waals surface area (Å²) in [5.74, 6) is 1.43. The van der Waals surface area contributed by atoms with Gasteiger partial charge in [-0.25, -0.2) is 0 Å². The quantitative estimate of drug-likeness (QED) is 0.848. The molecule has 0 atom stereocenters. The normalized spacial score (nSPS) is 12.5. The molecule has 0 saturated heterocycles. The summed E-state index contributed by atoms with van der Waals surface area (Å²) in [4.78, 5) is 1.26. The number of anilines is 1. The minimum atomic E-state index is 0.255. The summed E-state index contributed by atoms with van der Waals surface area (Å²) in [6.45, 7) is 0.972. The molecule has 0 radical (unpaired) electrons. The summed E-state index contributed by atoms with van der Waals surface area (Å²) in [6.07, 6.45) is 2.07. The zero-order valence-corrected chi connectivity index (χ0v) is 12.6. The minimum Gasteiger partial charge on any atom is -0.454 e. The predicted molar refractivity (Wildman–Crippen MR) is 83.1 cm³/mol. The highest BCUT2D eigenvalue weighted by Crippen LogP contribution is 2.39. The number of fused-ring (bicyclic) bond motifs is 1. The van der Waals surface area contributed by atoms with Crippen LogP contribution in [0.15, 0.2) is 41.3 Å². The molecule has 0 spiro atoms. The van der Waals surface area contributed by atoms with Crippen LogP contribution in [0.2, 0.25) is 5.02 Å². The van der Waals surface area contributed by atoms with Gasteiger partial charge in [-0.05, 0) is 24.0 Å². The van der Waals surface area contributed by atoms with Gasteiger partial charge in [0.15, 0.2) is 11.5 Å². The predicted octanol–water partition coefficient (Wildman–Crippen LogP) is 4.40. The lowest BCUT2D eigenvalue weighted by Gasteiger charge is -2.10. The Labute approximate surface area is 127 Å². The van der Waals surface area contributed by atoms with Crippen molar-refractivity contribution in [2.75, 3.05) is 18.4 Å². The monoisotopic (exact) mass is 307 g/mol. The van der Waals surface area contributed by atoms with Crippen molar-refractivity contribution >= 4 is 29.1 Å². The molecule has 0 bridgehead atoms. The van der Waals surface area contributed by atoms with Gasteiger partial charge >= 0.3 is 0 Å². The number of ether oxygens (including phenoxy) is 2. The molecule has 3 rings (SSSR count). The first kappa shape index (κ1) is 13.5. The fraction of sp³-hybridized carbons (Fsp3) is 0.200. The molecule has 0 aromatic heterocycles. The van der Waals surface area contributed by atoms with E-state index in [4.69, 9.17) is 21.1 Å². The van der Waals surface area contributed by atoms with Gasteiger partial charge in [-0.3, -0.25) is 0 Å². The van der Waals surface area contributed by atoms with Gasteiger partial charge in [0.2, 0.25) is 6.79 Å². The van der Waals surface area contributed by atoms with Crippen LogP contribution in [-0.2, 0) is 6.54 Å². The number of hydrogen-bond donors (Lipinski definition) is 1. The lowest BCUT2D eigenvalue weighted by molar-refractivity contribution is 0.174. The van der Waals surface area contributed by atoms with Crippen LogP contribution >= 0.6 is 23.4 Å². The lowest BCUT2D eigenvalue weighted by atomic mass is 10.2. The lowest BCUT2D eigenvalue weighted by Crippen LogP contribution is -1.99. The van der Waals surface area contributed by atoms with Crippen LogP contribution in [0.25, 0.3) is 0 Å². The third-order valence-corrected chi connectivity index (χ3v) is 4.16. The zero-order valence-electron chi connectivity index (χ0n) is 11.0. The van der Waals surface area contributed by atoms with Crippen molar-refractivity contribution in [3.8, 4) is 11.5 Å².